The molecule has 0 fully saturated rings. The molecule has 0 atom stereocenters. The Kier molecular flexibility index (Phi) is 5.28. The van der Waals surface area contributed by atoms with E-state index in [-0.39, 0.29) is 21.6 Å². The lowest BCUT2D eigenvalue weighted by molar-refractivity contribution is 0.102. The van der Waals surface area contributed by atoms with Gasteiger partial charge in [0.05, 0.1) is 21.3 Å². The average molecular weight is 489 g/mol. The Balaban J connectivity index is 2.35. The van der Waals surface area contributed by atoms with Crippen LogP contribution in [0.5, 0.6) is 0 Å². The van der Waals surface area contributed by atoms with Gasteiger partial charge in [-0.3, -0.25) is 4.79 Å². The first-order chi connectivity index (χ1) is 9.38. The number of carbonyl (C=O) groups excluding carboxylic acids is 1. The minimum absolute atomic E-state index is 0.0494. The van der Waals surface area contributed by atoms with Crippen LogP contribution in [-0.4, -0.2) is 5.91 Å². The van der Waals surface area contributed by atoms with E-state index in [1.165, 1.54) is 0 Å². The summed E-state index contributed by atoms with van der Waals surface area (Å²) in [7, 11) is 0. The molecule has 0 heterocycles. The number of amides is 1. The standard InChI is InChI=1S/C13H6BrCl2FINO/c14-6-1-2-11(18)8(3-6)13(20)19-12-9(15)4-7(17)5-10(12)16/h1-5H,(H,19,20). The van der Waals surface area contributed by atoms with Gasteiger partial charge in [-0.15, -0.1) is 0 Å². The molecule has 0 unspecified atom stereocenters. The van der Waals surface area contributed by atoms with Crippen molar-refractivity contribution >= 4 is 73.3 Å². The molecule has 7 heteroatoms. The lowest BCUT2D eigenvalue weighted by Crippen LogP contribution is -2.14. The highest BCUT2D eigenvalue weighted by atomic mass is 127. The third kappa shape index (κ3) is 3.63. The minimum atomic E-state index is -0.560. The third-order valence-corrected chi connectivity index (χ3v) is 4.45. The number of carbonyl (C=O) groups is 1. The predicted molar refractivity (Wildman–Crippen MR) is 91.2 cm³/mol. The summed E-state index contributed by atoms with van der Waals surface area (Å²) in [6.45, 7) is 0. The Hall–Kier alpha value is -0.370. The van der Waals surface area contributed by atoms with Gasteiger partial charge >= 0.3 is 0 Å². The highest BCUT2D eigenvalue weighted by Gasteiger charge is 2.15. The van der Waals surface area contributed by atoms with E-state index in [0.29, 0.717) is 5.56 Å². The molecule has 0 bridgehead atoms. The molecule has 0 spiro atoms. The minimum Gasteiger partial charge on any atom is -0.319 e. The average Bonchev–Trinajstić information content (AvgIpc) is 2.36. The van der Waals surface area contributed by atoms with Gasteiger partial charge in [-0.2, -0.15) is 0 Å². The maximum absolute atomic E-state index is 13.1. The van der Waals surface area contributed by atoms with Gasteiger partial charge in [0.25, 0.3) is 5.91 Å². The van der Waals surface area contributed by atoms with Crippen molar-refractivity contribution in [2.45, 2.75) is 0 Å². The summed E-state index contributed by atoms with van der Waals surface area (Å²) >= 11 is 17.1. The molecule has 0 aliphatic carbocycles. The maximum Gasteiger partial charge on any atom is 0.256 e. The Morgan fingerprint density at radius 3 is 2.40 bits per heavy atom. The van der Waals surface area contributed by atoms with Crippen molar-refractivity contribution in [1.82, 2.24) is 0 Å². The normalized spacial score (nSPS) is 10.4. The van der Waals surface area contributed by atoms with Gasteiger partial charge in [-0.25, -0.2) is 4.39 Å². The fourth-order valence-electron chi connectivity index (χ4n) is 1.51. The van der Waals surface area contributed by atoms with Gasteiger partial charge in [0.2, 0.25) is 0 Å². The zero-order valence-electron chi connectivity index (χ0n) is 9.68. The van der Waals surface area contributed by atoms with Gasteiger partial charge in [0.15, 0.2) is 0 Å². The molecule has 1 amide bonds. The molecule has 2 aromatic rings. The molecule has 20 heavy (non-hydrogen) atoms. The van der Waals surface area contributed by atoms with Crippen molar-refractivity contribution in [3.63, 3.8) is 0 Å². The van der Waals surface area contributed by atoms with Gasteiger partial charge in [-0.05, 0) is 52.9 Å². The van der Waals surface area contributed by atoms with Crippen molar-refractivity contribution in [3.05, 3.63) is 59.8 Å². The van der Waals surface area contributed by atoms with Crippen LogP contribution >= 0.6 is 61.7 Å². The van der Waals surface area contributed by atoms with E-state index in [9.17, 15) is 9.18 Å². The van der Waals surface area contributed by atoms with E-state index in [0.717, 1.165) is 20.2 Å². The van der Waals surface area contributed by atoms with E-state index < -0.39 is 5.82 Å². The second-order valence-corrected chi connectivity index (χ2v) is 6.71. The number of halogens is 5. The van der Waals surface area contributed by atoms with E-state index in [4.69, 9.17) is 23.2 Å². The van der Waals surface area contributed by atoms with Gasteiger partial charge in [0.1, 0.15) is 5.82 Å². The van der Waals surface area contributed by atoms with Crippen molar-refractivity contribution in [2.75, 3.05) is 5.32 Å². The number of nitrogens with one attached hydrogen (secondary N) is 1. The molecule has 104 valence electrons. The quantitative estimate of drug-likeness (QED) is 0.536. The number of hydrogen-bond acceptors (Lipinski definition) is 1. The van der Waals surface area contributed by atoms with Crippen LogP contribution in [0.1, 0.15) is 10.4 Å². The van der Waals surface area contributed by atoms with Crippen LogP contribution in [0.4, 0.5) is 10.1 Å². The summed E-state index contributed by atoms with van der Waals surface area (Å²) in [5.74, 6) is -0.929. The van der Waals surface area contributed by atoms with Gasteiger partial charge in [-0.1, -0.05) is 39.1 Å². The Labute approximate surface area is 146 Å². The second-order valence-electron chi connectivity index (χ2n) is 3.82. The van der Waals surface area contributed by atoms with Crippen LogP contribution in [0, 0.1) is 9.39 Å². The van der Waals surface area contributed by atoms with E-state index in [2.05, 4.69) is 43.8 Å². The van der Waals surface area contributed by atoms with E-state index >= 15 is 0 Å². The molecule has 2 nitrogen and oxygen atoms in total. The van der Waals surface area contributed by atoms with Crippen LogP contribution in [0.15, 0.2) is 34.8 Å². The molecular formula is C13H6BrCl2FINO. The van der Waals surface area contributed by atoms with Crippen molar-refractivity contribution in [2.24, 2.45) is 0 Å². The largest absolute Gasteiger partial charge is 0.319 e. The summed E-state index contributed by atoms with van der Waals surface area (Å²) in [5, 5.41) is 2.69. The van der Waals surface area contributed by atoms with E-state index in [1.807, 2.05) is 6.07 Å². The Bertz CT molecular complexity index is 673. The van der Waals surface area contributed by atoms with Crippen molar-refractivity contribution in [1.29, 1.82) is 0 Å². The van der Waals surface area contributed by atoms with Crippen LogP contribution in [0.25, 0.3) is 0 Å². The summed E-state index contributed by atoms with van der Waals surface area (Å²) in [4.78, 5) is 12.2. The van der Waals surface area contributed by atoms with Gasteiger partial charge in [0, 0.05) is 8.04 Å². The molecule has 0 aliphatic rings. The first kappa shape index (κ1) is 16.0. The zero-order valence-corrected chi connectivity index (χ0v) is 14.9. The van der Waals surface area contributed by atoms with Crippen LogP contribution in [0.2, 0.25) is 10.0 Å². The highest BCUT2D eigenvalue weighted by Crippen LogP contribution is 2.32. The number of anilines is 1. The molecule has 0 aromatic heterocycles. The summed E-state index contributed by atoms with van der Waals surface area (Å²) in [5.41, 5.74) is 0.659. The third-order valence-electron chi connectivity index (χ3n) is 2.42. The van der Waals surface area contributed by atoms with Crippen LogP contribution < -0.4 is 5.32 Å². The molecular weight excluding hydrogens is 483 g/mol. The summed E-state index contributed by atoms with van der Waals surface area (Å²) < 4.78 is 14.6. The lowest BCUT2D eigenvalue weighted by Gasteiger charge is -2.11. The number of hydrogen-bond donors (Lipinski definition) is 1. The maximum atomic E-state index is 13.1. The summed E-state index contributed by atoms with van der Waals surface area (Å²) in [6, 6.07) is 7.50. The number of benzene rings is 2. The topological polar surface area (TPSA) is 29.1 Å². The van der Waals surface area contributed by atoms with Crippen molar-refractivity contribution < 1.29 is 9.18 Å². The molecule has 0 radical (unpaired) electrons. The number of rotatable bonds is 2. The summed E-state index contributed by atoms with van der Waals surface area (Å²) in [6.07, 6.45) is 0. The predicted octanol–water partition coefficient (Wildman–Crippen LogP) is 5.75. The Morgan fingerprint density at radius 2 is 1.80 bits per heavy atom. The molecule has 0 saturated heterocycles. The smallest absolute Gasteiger partial charge is 0.256 e. The Morgan fingerprint density at radius 1 is 1.20 bits per heavy atom. The fourth-order valence-corrected chi connectivity index (χ4v) is 3.01. The zero-order chi connectivity index (χ0) is 14.9. The second kappa shape index (κ2) is 6.60. The first-order valence-corrected chi connectivity index (χ1v) is 7.92. The van der Waals surface area contributed by atoms with Crippen molar-refractivity contribution in [3.8, 4) is 0 Å². The van der Waals surface area contributed by atoms with Gasteiger partial charge < -0.3 is 5.32 Å². The van der Waals surface area contributed by atoms with E-state index in [1.54, 1.807) is 12.1 Å². The molecule has 0 saturated carbocycles. The molecule has 2 rings (SSSR count). The fraction of sp³-hybridized carbons (Fsp3) is 0. The SMILES string of the molecule is O=C(Nc1c(Cl)cc(F)cc1Cl)c1cc(Br)ccc1I. The van der Waals surface area contributed by atoms with Crippen LogP contribution in [-0.2, 0) is 0 Å². The molecule has 2 aromatic carbocycles. The molecule has 0 aliphatic heterocycles. The van der Waals surface area contributed by atoms with Crippen LogP contribution in [0.3, 0.4) is 0 Å². The first-order valence-electron chi connectivity index (χ1n) is 5.29. The highest BCUT2D eigenvalue weighted by molar-refractivity contribution is 14.1. The monoisotopic (exact) mass is 487 g/mol. The lowest BCUT2D eigenvalue weighted by atomic mass is 10.2. The molecule has 1 N–H and O–H groups in total.